The Morgan fingerprint density at radius 3 is 2.71 bits per heavy atom. The maximum atomic E-state index is 6.65. The Bertz CT molecular complexity index is 79.8. The van der Waals surface area contributed by atoms with E-state index < -0.39 is 0 Å². The predicted octanol–water partition coefficient (Wildman–Crippen LogP) is 0.330. The Morgan fingerprint density at radius 2 is 2.57 bits per heavy atom. The summed E-state index contributed by atoms with van der Waals surface area (Å²) in [6.45, 7) is 4.01. The highest BCUT2D eigenvalue weighted by Crippen LogP contribution is 1.60. The van der Waals surface area contributed by atoms with E-state index in [1.807, 2.05) is 0 Å². The topological polar surface area (TPSA) is 35.8 Å². The van der Waals surface area contributed by atoms with Crippen LogP contribution in [0.3, 0.4) is 0 Å². The van der Waals surface area contributed by atoms with E-state index in [-0.39, 0.29) is 5.11 Å². The fourth-order valence-corrected chi connectivity index (χ4v) is 0.248. The monoisotopic (exact) mass is 115 g/mol. The second-order valence-corrected chi connectivity index (χ2v) is 1.41. The third-order valence-electron chi connectivity index (χ3n) is 0.407. The Labute approximate surface area is 48.4 Å². The highest BCUT2D eigenvalue weighted by molar-refractivity contribution is 7.80. The summed E-state index contributed by atoms with van der Waals surface area (Å²) in [5.74, 6) is 0. The normalized spacial score (nSPS) is 7.43. The molecule has 0 bridgehead atoms. The molecule has 0 aromatic rings. The molecule has 2 N–H and O–H groups in total. The highest BCUT2D eigenvalue weighted by atomic mass is 32.1. The van der Waals surface area contributed by atoms with Crippen LogP contribution >= 0.6 is 12.2 Å². The van der Waals surface area contributed by atoms with Crippen LogP contribution in [-0.4, -0.2) is 11.7 Å². The van der Waals surface area contributed by atoms with Crippen LogP contribution in [0.25, 0.3) is 0 Å². The third kappa shape index (κ3) is 5.43. The van der Waals surface area contributed by atoms with Crippen LogP contribution in [0.4, 0.5) is 0 Å². The van der Waals surface area contributed by atoms with Crippen molar-refractivity contribution in [3.05, 3.63) is 12.7 Å². The second-order valence-electron chi connectivity index (χ2n) is 0.999. The molecule has 0 spiro atoms. The maximum Gasteiger partial charge on any atom is 0.185 e. The van der Waals surface area contributed by atoms with Crippen molar-refractivity contribution in [2.75, 3.05) is 6.54 Å². The number of hydrogen-bond donors (Lipinski definition) is 1. The predicted molar refractivity (Wildman–Crippen MR) is 33.9 cm³/mol. The van der Waals surface area contributed by atoms with Crippen molar-refractivity contribution in [3.8, 4) is 0 Å². The van der Waals surface area contributed by atoms with Gasteiger partial charge in [-0.05, 0) is 12.2 Å². The van der Waals surface area contributed by atoms with Crippen LogP contribution in [-0.2, 0) is 0 Å². The summed E-state index contributed by atoms with van der Waals surface area (Å²) in [4.78, 5) is 0. The van der Waals surface area contributed by atoms with Crippen molar-refractivity contribution in [1.82, 2.24) is 11.1 Å². The second kappa shape index (κ2) is 3.61. The molecular formula is C4H7N2S. The summed E-state index contributed by atoms with van der Waals surface area (Å²) in [5, 5.41) is 2.64. The lowest BCUT2D eigenvalue weighted by Crippen LogP contribution is -2.21. The Morgan fingerprint density at radius 1 is 2.00 bits per heavy atom. The van der Waals surface area contributed by atoms with E-state index >= 15 is 0 Å². The SMILES string of the molecule is C=CCNC([NH])=S. The van der Waals surface area contributed by atoms with E-state index in [0.29, 0.717) is 6.54 Å². The van der Waals surface area contributed by atoms with Gasteiger partial charge in [-0.15, -0.1) is 6.58 Å². The quantitative estimate of drug-likeness (QED) is 0.416. The van der Waals surface area contributed by atoms with Crippen molar-refractivity contribution in [1.29, 1.82) is 0 Å². The van der Waals surface area contributed by atoms with Crippen molar-refractivity contribution < 1.29 is 0 Å². The molecule has 0 rings (SSSR count). The molecule has 0 aromatic heterocycles. The van der Waals surface area contributed by atoms with Crippen molar-refractivity contribution in [3.63, 3.8) is 0 Å². The molecule has 0 unspecified atom stereocenters. The fraction of sp³-hybridized carbons (Fsp3) is 0.250. The van der Waals surface area contributed by atoms with E-state index in [2.05, 4.69) is 24.1 Å². The average molecular weight is 115 g/mol. The van der Waals surface area contributed by atoms with Gasteiger partial charge in [0.15, 0.2) is 5.11 Å². The number of rotatable bonds is 2. The minimum Gasteiger partial charge on any atom is -0.358 e. The zero-order valence-corrected chi connectivity index (χ0v) is 4.72. The van der Waals surface area contributed by atoms with Crippen molar-refractivity contribution in [2.24, 2.45) is 0 Å². The van der Waals surface area contributed by atoms with Gasteiger partial charge in [0.25, 0.3) is 0 Å². The van der Waals surface area contributed by atoms with Crippen LogP contribution in [0.15, 0.2) is 12.7 Å². The number of hydrogen-bond acceptors (Lipinski definition) is 1. The van der Waals surface area contributed by atoms with Gasteiger partial charge < -0.3 is 5.32 Å². The lowest BCUT2D eigenvalue weighted by atomic mass is 10.6. The summed E-state index contributed by atoms with van der Waals surface area (Å²) in [6.07, 6.45) is 1.65. The largest absolute Gasteiger partial charge is 0.358 e. The van der Waals surface area contributed by atoms with Gasteiger partial charge in [-0.2, -0.15) is 0 Å². The van der Waals surface area contributed by atoms with Crippen molar-refractivity contribution in [2.45, 2.75) is 0 Å². The van der Waals surface area contributed by atoms with E-state index in [1.54, 1.807) is 6.08 Å². The molecule has 7 heavy (non-hydrogen) atoms. The summed E-state index contributed by atoms with van der Waals surface area (Å²) in [6, 6.07) is 0. The minimum absolute atomic E-state index is 0.0694. The summed E-state index contributed by atoms with van der Waals surface area (Å²) in [5.41, 5.74) is 6.65. The van der Waals surface area contributed by atoms with Gasteiger partial charge in [0, 0.05) is 6.54 Å². The van der Waals surface area contributed by atoms with E-state index in [1.165, 1.54) is 0 Å². The molecule has 0 atom stereocenters. The number of thiocarbonyl (C=S) groups is 1. The molecular weight excluding hydrogens is 108 g/mol. The molecule has 0 aromatic carbocycles. The first kappa shape index (κ1) is 6.43. The Balaban J connectivity index is 2.97. The van der Waals surface area contributed by atoms with E-state index in [4.69, 9.17) is 5.73 Å². The summed E-state index contributed by atoms with van der Waals surface area (Å²) < 4.78 is 0. The number of nitrogens with one attached hydrogen (secondary N) is 2. The van der Waals surface area contributed by atoms with Gasteiger partial charge in [0.05, 0.1) is 0 Å². The Hall–Kier alpha value is -0.570. The lowest BCUT2D eigenvalue weighted by Gasteiger charge is -1.92. The first-order valence-corrected chi connectivity index (χ1v) is 2.28. The molecule has 0 heterocycles. The molecule has 0 saturated carbocycles. The average Bonchev–Trinajstić information content (AvgIpc) is 1.61. The van der Waals surface area contributed by atoms with Gasteiger partial charge in [0.2, 0.25) is 0 Å². The molecule has 0 aliphatic heterocycles. The van der Waals surface area contributed by atoms with Gasteiger partial charge in [-0.25, -0.2) is 0 Å². The maximum absolute atomic E-state index is 6.65. The lowest BCUT2D eigenvalue weighted by molar-refractivity contribution is 1.05. The smallest absolute Gasteiger partial charge is 0.185 e. The molecule has 0 aliphatic carbocycles. The zero-order chi connectivity index (χ0) is 5.70. The molecule has 0 saturated heterocycles. The molecule has 0 amide bonds. The minimum atomic E-state index is 0.0694. The van der Waals surface area contributed by atoms with Crippen molar-refractivity contribution >= 4 is 17.3 Å². The first-order valence-electron chi connectivity index (χ1n) is 1.87. The standard InChI is InChI=1S/C4H7N2S/c1-2-3-6-4(5)7/h2,5H,1,3H2,(H,6,7). The van der Waals surface area contributed by atoms with Crippen LogP contribution in [0.1, 0.15) is 0 Å². The summed E-state index contributed by atoms with van der Waals surface area (Å²) in [7, 11) is 0. The van der Waals surface area contributed by atoms with E-state index in [9.17, 15) is 0 Å². The van der Waals surface area contributed by atoms with Crippen LogP contribution < -0.4 is 11.1 Å². The van der Waals surface area contributed by atoms with E-state index in [0.717, 1.165) is 0 Å². The molecule has 1 radical (unpaired) electrons. The van der Waals surface area contributed by atoms with Gasteiger partial charge in [-0.3, -0.25) is 5.73 Å². The Kier molecular flexibility index (Phi) is 3.32. The summed E-state index contributed by atoms with van der Waals surface area (Å²) >= 11 is 4.37. The molecule has 3 heteroatoms. The van der Waals surface area contributed by atoms with Crippen LogP contribution in [0.2, 0.25) is 0 Å². The fourth-order valence-electron chi connectivity index (χ4n) is 0.165. The molecule has 0 fully saturated rings. The van der Waals surface area contributed by atoms with Gasteiger partial charge in [-0.1, -0.05) is 6.08 Å². The van der Waals surface area contributed by atoms with Crippen LogP contribution in [0, 0.1) is 0 Å². The zero-order valence-electron chi connectivity index (χ0n) is 3.90. The molecule has 0 aliphatic rings. The highest BCUT2D eigenvalue weighted by Gasteiger charge is 1.77. The van der Waals surface area contributed by atoms with Gasteiger partial charge in [0.1, 0.15) is 0 Å². The third-order valence-corrected chi connectivity index (χ3v) is 0.551. The van der Waals surface area contributed by atoms with Gasteiger partial charge >= 0.3 is 0 Å². The molecule has 2 nitrogen and oxygen atoms in total. The molecule has 39 valence electrons. The first-order chi connectivity index (χ1) is 3.27. The van der Waals surface area contributed by atoms with Crippen LogP contribution in [0.5, 0.6) is 0 Å².